The lowest BCUT2D eigenvalue weighted by Crippen LogP contribution is -2.41. The summed E-state index contributed by atoms with van der Waals surface area (Å²) in [6, 6.07) is 0.939. The van der Waals surface area contributed by atoms with Crippen LogP contribution < -0.4 is 0 Å². The van der Waals surface area contributed by atoms with Crippen LogP contribution in [0.3, 0.4) is 0 Å². The molecule has 0 amide bonds. The van der Waals surface area contributed by atoms with Gasteiger partial charge >= 0.3 is 0 Å². The molecule has 8 atom stereocenters. The Balaban J connectivity index is 0.893. The lowest BCUT2D eigenvalue weighted by atomic mass is 9.55. The van der Waals surface area contributed by atoms with E-state index >= 15 is 0 Å². The Morgan fingerprint density at radius 1 is 0.707 bits per heavy atom. The second-order valence-corrected chi connectivity index (χ2v) is 15.6. The number of nitrogens with zero attached hydrogens (tertiary/aromatic N) is 1. The van der Waals surface area contributed by atoms with Crippen molar-refractivity contribution in [3.05, 3.63) is 70.4 Å². The molecule has 0 radical (unpaired) electrons. The van der Waals surface area contributed by atoms with E-state index in [1.807, 2.05) is 11.1 Å². The van der Waals surface area contributed by atoms with Crippen LogP contribution in [0.25, 0.3) is 0 Å². The van der Waals surface area contributed by atoms with Crippen molar-refractivity contribution in [3.63, 3.8) is 0 Å². The molecular weight excluding hydrogens is 494 g/mol. The zero-order chi connectivity index (χ0) is 27.3. The van der Waals surface area contributed by atoms with Gasteiger partial charge in [-0.25, -0.2) is 0 Å². The van der Waals surface area contributed by atoms with Gasteiger partial charge in [0.25, 0.3) is 0 Å². The van der Waals surface area contributed by atoms with E-state index in [9.17, 15) is 0 Å². The van der Waals surface area contributed by atoms with E-state index in [-0.39, 0.29) is 0 Å². The van der Waals surface area contributed by atoms with E-state index in [1.54, 1.807) is 16.7 Å². The average molecular weight is 550 g/mol. The van der Waals surface area contributed by atoms with Crippen LogP contribution in [0.4, 0.5) is 0 Å². The lowest BCUT2D eigenvalue weighted by Gasteiger charge is -2.50. The molecule has 8 rings (SSSR count). The smallest absolute Gasteiger partial charge is 0.0301 e. The summed E-state index contributed by atoms with van der Waals surface area (Å²) in [5.74, 6) is 7.33. The van der Waals surface area contributed by atoms with Gasteiger partial charge in [-0.3, -0.25) is 4.90 Å². The van der Waals surface area contributed by atoms with E-state index < -0.39 is 0 Å². The molecule has 0 aromatic heterocycles. The fourth-order valence-corrected chi connectivity index (χ4v) is 11.3. The summed E-state index contributed by atoms with van der Waals surface area (Å²) in [6.45, 7) is 5.28. The molecule has 220 valence electrons. The minimum atomic E-state index is 0.626. The number of fused-ring (bicyclic) bond motifs is 2. The van der Waals surface area contributed by atoms with Crippen molar-refractivity contribution in [2.75, 3.05) is 13.1 Å². The monoisotopic (exact) mass is 549 g/mol. The summed E-state index contributed by atoms with van der Waals surface area (Å²) in [6.07, 6.45) is 40.3. The highest BCUT2D eigenvalue weighted by Gasteiger charge is 2.52. The maximum atomic E-state index is 2.76. The fraction of sp³-hybridized carbons (Fsp3) is 0.700. The molecule has 0 bridgehead atoms. The molecule has 41 heavy (non-hydrogen) atoms. The van der Waals surface area contributed by atoms with Crippen LogP contribution in [0.15, 0.2) is 70.4 Å². The first kappa shape index (κ1) is 27.0. The van der Waals surface area contributed by atoms with E-state index in [4.69, 9.17) is 0 Å². The van der Waals surface area contributed by atoms with Crippen LogP contribution in [0, 0.1) is 47.3 Å². The van der Waals surface area contributed by atoms with Crippen molar-refractivity contribution < 1.29 is 0 Å². The quantitative estimate of drug-likeness (QED) is 0.243. The van der Waals surface area contributed by atoms with Crippen molar-refractivity contribution in [3.8, 4) is 0 Å². The summed E-state index contributed by atoms with van der Waals surface area (Å²) in [4.78, 5) is 2.66. The Labute approximate surface area is 251 Å². The van der Waals surface area contributed by atoms with Crippen LogP contribution in [0.5, 0.6) is 0 Å². The van der Waals surface area contributed by atoms with Gasteiger partial charge in [0, 0.05) is 31.0 Å². The maximum Gasteiger partial charge on any atom is 0.0301 e. The van der Waals surface area contributed by atoms with Crippen molar-refractivity contribution in [2.24, 2.45) is 47.3 Å². The van der Waals surface area contributed by atoms with E-state index in [1.165, 1.54) is 116 Å². The van der Waals surface area contributed by atoms with Crippen LogP contribution in [0.2, 0.25) is 0 Å². The molecule has 0 spiro atoms. The maximum absolute atomic E-state index is 2.76. The number of hydrogen-bond donors (Lipinski definition) is 0. The summed E-state index contributed by atoms with van der Waals surface area (Å²) in [5.41, 5.74) is 8.78. The van der Waals surface area contributed by atoms with Gasteiger partial charge in [0.15, 0.2) is 0 Å². The Hall–Kier alpha value is -1.60. The molecule has 0 aromatic carbocycles. The minimum Gasteiger partial charge on any atom is -0.296 e. The van der Waals surface area contributed by atoms with Gasteiger partial charge in [0.1, 0.15) is 0 Å². The topological polar surface area (TPSA) is 3.01 Å². The van der Waals surface area contributed by atoms with Crippen molar-refractivity contribution in [2.45, 2.75) is 116 Å². The first-order valence-corrected chi connectivity index (χ1v) is 18.1. The molecule has 8 unspecified atom stereocenters. The van der Waals surface area contributed by atoms with Gasteiger partial charge in [0.05, 0.1) is 0 Å². The zero-order valence-electron chi connectivity index (χ0n) is 25.9. The van der Waals surface area contributed by atoms with Gasteiger partial charge in [-0.2, -0.15) is 0 Å². The van der Waals surface area contributed by atoms with Crippen LogP contribution in [-0.4, -0.2) is 24.0 Å². The molecule has 0 aromatic rings. The molecule has 2 saturated heterocycles. The molecule has 1 heteroatoms. The average Bonchev–Trinajstić information content (AvgIpc) is 3.73. The molecule has 5 fully saturated rings. The predicted molar refractivity (Wildman–Crippen MR) is 172 cm³/mol. The largest absolute Gasteiger partial charge is 0.296 e. The molecule has 2 heterocycles. The van der Waals surface area contributed by atoms with E-state index in [2.05, 4.69) is 54.4 Å². The first-order chi connectivity index (χ1) is 20.2. The third-order valence-electron chi connectivity index (χ3n) is 13.6. The summed E-state index contributed by atoms with van der Waals surface area (Å²) in [5, 5.41) is 0. The number of hydrogen-bond acceptors (Lipinski definition) is 1. The lowest BCUT2D eigenvalue weighted by molar-refractivity contribution is 0.0186. The highest BCUT2D eigenvalue weighted by molar-refractivity contribution is 5.36. The van der Waals surface area contributed by atoms with Crippen LogP contribution in [-0.2, 0) is 0 Å². The SMILES string of the molecule is CC1=C(C2CN3CC23)CCC=C(C2CCC(C3CCC(C4=CCC(C5=CCCC=C5)C=C4)CC3)C3CCCCC23)C1. The molecular formula is C40H55N. The molecule has 1 nitrogen and oxygen atoms in total. The Kier molecular flexibility index (Phi) is 7.56. The molecule has 2 aliphatic heterocycles. The predicted octanol–water partition coefficient (Wildman–Crippen LogP) is 10.1. The Bertz CT molecular complexity index is 1180. The highest BCUT2D eigenvalue weighted by atomic mass is 15.4. The number of allylic oxidation sites excluding steroid dienone is 11. The third-order valence-corrected chi connectivity index (χ3v) is 13.6. The van der Waals surface area contributed by atoms with Crippen molar-refractivity contribution in [1.29, 1.82) is 0 Å². The summed E-state index contributed by atoms with van der Waals surface area (Å²) in [7, 11) is 0. The van der Waals surface area contributed by atoms with E-state index in [0.717, 1.165) is 47.5 Å². The molecule has 3 saturated carbocycles. The zero-order valence-corrected chi connectivity index (χ0v) is 25.9. The third kappa shape index (κ3) is 5.25. The second-order valence-electron chi connectivity index (χ2n) is 15.6. The van der Waals surface area contributed by atoms with Crippen LogP contribution in [0.1, 0.15) is 110 Å². The summed E-state index contributed by atoms with van der Waals surface area (Å²) >= 11 is 0. The normalized spacial score (nSPS) is 44.1. The second kappa shape index (κ2) is 11.5. The Morgan fingerprint density at radius 2 is 1.59 bits per heavy atom. The minimum absolute atomic E-state index is 0.626. The van der Waals surface area contributed by atoms with Gasteiger partial charge in [-0.15, -0.1) is 0 Å². The van der Waals surface area contributed by atoms with Gasteiger partial charge in [-0.05, 0) is 143 Å². The van der Waals surface area contributed by atoms with E-state index in [0.29, 0.717) is 5.92 Å². The molecule has 6 aliphatic carbocycles. The highest BCUT2D eigenvalue weighted by Crippen LogP contribution is 2.55. The van der Waals surface area contributed by atoms with Gasteiger partial charge in [-0.1, -0.05) is 72.1 Å². The van der Waals surface area contributed by atoms with Gasteiger partial charge in [0.2, 0.25) is 0 Å². The standard InChI is InChI=1S/C40H55N/c1-27-24-33(10-7-13-34(27)39-25-41-26-40(39)41)36-23-22-35(37-11-5-6-12-38(36)37)32-20-18-31(19-21-32)30-16-14-29(15-17-30)28-8-3-2-4-9-28/h3,8-10,14,16-17,29,31-32,35-40H,2,4-7,11-13,15,18-26H2,1H3. The fourth-order valence-electron chi connectivity index (χ4n) is 11.3. The molecule has 8 aliphatic rings. The van der Waals surface area contributed by atoms with Gasteiger partial charge < -0.3 is 0 Å². The van der Waals surface area contributed by atoms with Crippen molar-refractivity contribution in [1.82, 2.24) is 4.90 Å². The summed E-state index contributed by atoms with van der Waals surface area (Å²) < 4.78 is 0. The van der Waals surface area contributed by atoms with Crippen LogP contribution >= 0.6 is 0 Å². The first-order valence-electron chi connectivity index (χ1n) is 18.1. The van der Waals surface area contributed by atoms with Crippen molar-refractivity contribution >= 4 is 0 Å². The Morgan fingerprint density at radius 3 is 2.32 bits per heavy atom. The molecule has 0 N–H and O–H groups in total. The number of rotatable bonds is 5.